The average molecular weight is 410 g/mol. The summed E-state index contributed by atoms with van der Waals surface area (Å²) >= 11 is 14.4. The second-order valence-corrected chi connectivity index (χ2v) is 8.33. The summed E-state index contributed by atoms with van der Waals surface area (Å²) < 4.78 is 4.72. The maximum Gasteiger partial charge on any atom is 0.348 e. The highest BCUT2D eigenvalue weighted by Gasteiger charge is 2.32. The minimum atomic E-state index is -0.456. The zero-order valence-electron chi connectivity index (χ0n) is 14.2. The molecule has 136 valence electrons. The molecule has 0 saturated carbocycles. The molecule has 0 spiro atoms. The normalized spacial score (nSPS) is 15.6. The van der Waals surface area contributed by atoms with Crippen molar-refractivity contribution >= 4 is 52.0 Å². The zero-order chi connectivity index (χ0) is 18.4. The fraction of sp³-hybridized carbons (Fsp3) is 0.368. The molecule has 0 unspecified atom stereocenters. The number of rotatable bonds is 3. The number of esters is 1. The number of nitrogens with zero attached hydrogens (tertiary/aromatic N) is 1. The molecule has 4 rings (SSSR count). The summed E-state index contributed by atoms with van der Waals surface area (Å²) in [4.78, 5) is 28.0. The molecule has 7 heteroatoms. The molecule has 0 amide bonds. The number of carbonyl (C=O) groups is 2. The Morgan fingerprint density at radius 3 is 2.19 bits per heavy atom. The van der Waals surface area contributed by atoms with Gasteiger partial charge in [0, 0.05) is 18.8 Å². The number of halogens is 2. The van der Waals surface area contributed by atoms with Crippen molar-refractivity contribution in [2.45, 2.75) is 25.7 Å². The summed E-state index contributed by atoms with van der Waals surface area (Å²) in [6, 6.07) is 3.22. The van der Waals surface area contributed by atoms with Crippen LogP contribution in [0.15, 0.2) is 12.1 Å². The van der Waals surface area contributed by atoms with Gasteiger partial charge in [0.05, 0.1) is 27.6 Å². The molecule has 0 bridgehead atoms. The molecule has 0 fully saturated rings. The predicted octanol–water partition coefficient (Wildman–Crippen LogP) is 4.77. The molecule has 2 aromatic rings. The Kier molecular flexibility index (Phi) is 4.71. The van der Waals surface area contributed by atoms with Crippen LogP contribution >= 0.6 is 34.5 Å². The lowest BCUT2D eigenvalue weighted by molar-refractivity contribution is 0.0606. The third-order valence-electron chi connectivity index (χ3n) is 5.01. The van der Waals surface area contributed by atoms with Crippen molar-refractivity contribution in [2.24, 2.45) is 0 Å². The van der Waals surface area contributed by atoms with E-state index in [0.717, 1.165) is 66.9 Å². The van der Waals surface area contributed by atoms with E-state index in [1.807, 2.05) is 0 Å². The molecule has 2 aliphatic heterocycles. The molecule has 3 heterocycles. The van der Waals surface area contributed by atoms with Crippen LogP contribution in [0.5, 0.6) is 0 Å². The summed E-state index contributed by atoms with van der Waals surface area (Å²) in [6.45, 7) is 2.01. The Morgan fingerprint density at radius 2 is 1.62 bits per heavy atom. The summed E-state index contributed by atoms with van der Waals surface area (Å²) in [5, 5.41) is 0.914. The van der Waals surface area contributed by atoms with E-state index in [0.29, 0.717) is 25.4 Å². The van der Waals surface area contributed by atoms with Gasteiger partial charge in [-0.25, -0.2) is 4.79 Å². The molecule has 0 aliphatic carbocycles. The van der Waals surface area contributed by atoms with Crippen LogP contribution in [0.4, 0.5) is 5.69 Å². The van der Waals surface area contributed by atoms with Crippen molar-refractivity contribution in [3.63, 3.8) is 0 Å². The Morgan fingerprint density at radius 1 is 1.04 bits per heavy atom. The first-order chi connectivity index (χ1) is 12.5. The fourth-order valence-corrected chi connectivity index (χ4v) is 5.50. The van der Waals surface area contributed by atoms with E-state index in [2.05, 4.69) is 4.90 Å². The standard InChI is InChI=1S/C19H17Cl2NO3S/c1-25-19(24)13-7-6-12(26-13)18(23)14-15(20)10-4-2-8-22-9-3-5-11(16(14)21)17(10)22/h6-7H,2-5,8-9H2,1H3. The van der Waals surface area contributed by atoms with Gasteiger partial charge in [-0.1, -0.05) is 23.2 Å². The zero-order valence-corrected chi connectivity index (χ0v) is 16.6. The van der Waals surface area contributed by atoms with E-state index in [4.69, 9.17) is 27.9 Å². The maximum absolute atomic E-state index is 13.1. The van der Waals surface area contributed by atoms with Gasteiger partial charge in [0.25, 0.3) is 0 Å². The first kappa shape index (κ1) is 17.8. The van der Waals surface area contributed by atoms with E-state index >= 15 is 0 Å². The summed E-state index contributed by atoms with van der Waals surface area (Å²) in [5.74, 6) is -0.690. The van der Waals surface area contributed by atoms with Gasteiger partial charge in [0.15, 0.2) is 0 Å². The smallest absolute Gasteiger partial charge is 0.348 e. The minimum Gasteiger partial charge on any atom is -0.465 e. The van der Waals surface area contributed by atoms with E-state index in [1.165, 1.54) is 7.11 Å². The van der Waals surface area contributed by atoms with E-state index in [9.17, 15) is 9.59 Å². The lowest BCUT2D eigenvalue weighted by atomic mass is 9.88. The fourth-order valence-electron chi connectivity index (χ4n) is 3.85. The Labute approximate surface area is 165 Å². The van der Waals surface area contributed by atoms with E-state index in [1.54, 1.807) is 12.1 Å². The number of hydrogen-bond donors (Lipinski definition) is 0. The molecule has 0 radical (unpaired) electrons. The lowest BCUT2D eigenvalue weighted by Crippen LogP contribution is -2.35. The van der Waals surface area contributed by atoms with Gasteiger partial charge in [0.2, 0.25) is 5.78 Å². The van der Waals surface area contributed by atoms with Gasteiger partial charge < -0.3 is 9.64 Å². The molecule has 0 atom stereocenters. The van der Waals surface area contributed by atoms with Gasteiger partial charge >= 0.3 is 5.97 Å². The number of ketones is 1. The Hall–Kier alpha value is -1.56. The maximum atomic E-state index is 13.1. The van der Waals surface area contributed by atoms with E-state index < -0.39 is 5.97 Å². The molecule has 4 nitrogen and oxygen atoms in total. The monoisotopic (exact) mass is 409 g/mol. The minimum absolute atomic E-state index is 0.234. The second-order valence-electron chi connectivity index (χ2n) is 6.49. The lowest BCUT2D eigenvalue weighted by Gasteiger charge is -2.38. The second kappa shape index (κ2) is 6.87. The number of carbonyl (C=O) groups excluding carboxylic acids is 2. The van der Waals surface area contributed by atoms with Crippen molar-refractivity contribution < 1.29 is 14.3 Å². The van der Waals surface area contributed by atoms with Crippen LogP contribution < -0.4 is 4.90 Å². The van der Waals surface area contributed by atoms with Crippen molar-refractivity contribution in [3.05, 3.63) is 48.6 Å². The molecule has 2 aliphatic rings. The van der Waals surface area contributed by atoms with Gasteiger partial charge in [-0.05, 0) is 48.9 Å². The number of methoxy groups -OCH3 is 1. The van der Waals surface area contributed by atoms with E-state index in [-0.39, 0.29) is 5.78 Å². The summed E-state index contributed by atoms with van der Waals surface area (Å²) in [7, 11) is 1.32. The first-order valence-corrected chi connectivity index (χ1v) is 10.1. The van der Waals surface area contributed by atoms with Gasteiger partial charge in [0.1, 0.15) is 4.88 Å². The highest BCUT2D eigenvalue weighted by molar-refractivity contribution is 7.16. The molecule has 1 aromatic carbocycles. The molecule has 0 N–H and O–H groups in total. The molecular weight excluding hydrogens is 393 g/mol. The number of anilines is 1. The average Bonchev–Trinajstić information content (AvgIpc) is 3.15. The van der Waals surface area contributed by atoms with Gasteiger partial charge in [-0.2, -0.15) is 0 Å². The third-order valence-corrected chi connectivity index (χ3v) is 6.91. The van der Waals surface area contributed by atoms with Crippen LogP contribution in [0.2, 0.25) is 10.0 Å². The molecule has 26 heavy (non-hydrogen) atoms. The van der Waals surface area contributed by atoms with Crippen LogP contribution in [-0.4, -0.2) is 32.0 Å². The van der Waals surface area contributed by atoms with Crippen LogP contribution in [0.3, 0.4) is 0 Å². The summed E-state index contributed by atoms with van der Waals surface area (Å²) in [5.41, 5.74) is 3.56. The van der Waals surface area contributed by atoms with Crippen LogP contribution in [0.25, 0.3) is 0 Å². The van der Waals surface area contributed by atoms with Crippen molar-refractivity contribution in [1.82, 2.24) is 0 Å². The first-order valence-electron chi connectivity index (χ1n) is 8.53. The Balaban J connectivity index is 1.83. The van der Waals surface area contributed by atoms with Crippen LogP contribution in [0.1, 0.15) is 48.9 Å². The number of ether oxygens (including phenoxy) is 1. The third kappa shape index (κ3) is 2.73. The number of benzene rings is 1. The molecular formula is C19H17Cl2NO3S. The highest BCUT2D eigenvalue weighted by atomic mass is 35.5. The SMILES string of the molecule is COC(=O)c1ccc(C(=O)c2c(Cl)c3c4c(c2Cl)CCCN4CCC3)s1. The van der Waals surface area contributed by atoms with Crippen molar-refractivity contribution in [2.75, 3.05) is 25.1 Å². The Bertz CT molecular complexity index is 885. The highest BCUT2D eigenvalue weighted by Crippen LogP contribution is 2.46. The van der Waals surface area contributed by atoms with Crippen molar-refractivity contribution in [3.8, 4) is 0 Å². The van der Waals surface area contributed by atoms with Gasteiger partial charge in [-0.15, -0.1) is 11.3 Å². The topological polar surface area (TPSA) is 46.6 Å². The van der Waals surface area contributed by atoms with Crippen LogP contribution in [0, 0.1) is 0 Å². The molecule has 1 aromatic heterocycles. The van der Waals surface area contributed by atoms with Crippen molar-refractivity contribution in [1.29, 1.82) is 0 Å². The van der Waals surface area contributed by atoms with Crippen LogP contribution in [-0.2, 0) is 17.6 Å². The number of thiophene rings is 1. The quantitative estimate of drug-likeness (QED) is 0.540. The predicted molar refractivity (Wildman–Crippen MR) is 104 cm³/mol. The van der Waals surface area contributed by atoms with Gasteiger partial charge in [-0.3, -0.25) is 4.79 Å². The summed E-state index contributed by atoms with van der Waals surface area (Å²) in [6.07, 6.45) is 3.75. The number of hydrogen-bond acceptors (Lipinski definition) is 5. The molecule has 0 saturated heterocycles. The largest absolute Gasteiger partial charge is 0.465 e.